The molecule has 68 valence electrons. The SMILES string of the molecule is Cl.Cl.NC1CCNC(=O)CC1. The topological polar surface area (TPSA) is 55.1 Å². The molecule has 0 spiro atoms. The molecule has 0 aromatic heterocycles. The van der Waals surface area contributed by atoms with Gasteiger partial charge in [0.1, 0.15) is 0 Å². The molecule has 1 rings (SSSR count). The summed E-state index contributed by atoms with van der Waals surface area (Å²) in [6.07, 6.45) is 2.36. The summed E-state index contributed by atoms with van der Waals surface area (Å²) >= 11 is 0. The van der Waals surface area contributed by atoms with Gasteiger partial charge < -0.3 is 11.1 Å². The third-order valence-corrected chi connectivity index (χ3v) is 1.58. The van der Waals surface area contributed by atoms with Crippen LogP contribution in [0, 0.1) is 0 Å². The Balaban J connectivity index is 0. The van der Waals surface area contributed by atoms with Crippen molar-refractivity contribution in [1.82, 2.24) is 5.32 Å². The van der Waals surface area contributed by atoms with Gasteiger partial charge in [0.15, 0.2) is 0 Å². The lowest BCUT2D eigenvalue weighted by molar-refractivity contribution is -0.120. The standard InChI is InChI=1S/C6H12N2O.2ClH/c7-5-1-2-6(9)8-4-3-5;;/h5H,1-4,7H2,(H,8,9);2*1H. The lowest BCUT2D eigenvalue weighted by Crippen LogP contribution is -2.23. The van der Waals surface area contributed by atoms with Crippen LogP contribution in [0.15, 0.2) is 0 Å². The molecule has 0 bridgehead atoms. The van der Waals surface area contributed by atoms with Crippen LogP contribution in [0.2, 0.25) is 0 Å². The first-order chi connectivity index (χ1) is 4.29. The van der Waals surface area contributed by atoms with Crippen molar-refractivity contribution in [2.24, 2.45) is 5.73 Å². The first kappa shape index (κ1) is 13.6. The number of nitrogens with two attached hydrogens (primary N) is 1. The molecule has 5 heteroatoms. The van der Waals surface area contributed by atoms with Gasteiger partial charge in [0.2, 0.25) is 5.91 Å². The average molecular weight is 201 g/mol. The van der Waals surface area contributed by atoms with E-state index < -0.39 is 0 Å². The van der Waals surface area contributed by atoms with Crippen LogP contribution < -0.4 is 11.1 Å². The van der Waals surface area contributed by atoms with E-state index in [4.69, 9.17) is 5.73 Å². The third-order valence-electron chi connectivity index (χ3n) is 1.58. The molecular formula is C6H14Cl2N2O. The number of amides is 1. The molecule has 3 N–H and O–H groups in total. The summed E-state index contributed by atoms with van der Waals surface area (Å²) in [6.45, 7) is 0.750. The zero-order chi connectivity index (χ0) is 6.69. The maximum Gasteiger partial charge on any atom is 0.220 e. The molecule has 0 aliphatic carbocycles. The van der Waals surface area contributed by atoms with Gasteiger partial charge in [-0.1, -0.05) is 0 Å². The lowest BCUT2D eigenvalue weighted by Gasteiger charge is -2.02. The van der Waals surface area contributed by atoms with E-state index in [0.29, 0.717) is 6.42 Å². The van der Waals surface area contributed by atoms with Crippen LogP contribution in [0.1, 0.15) is 19.3 Å². The van der Waals surface area contributed by atoms with Crippen molar-refractivity contribution in [1.29, 1.82) is 0 Å². The van der Waals surface area contributed by atoms with Crippen LogP contribution in [-0.4, -0.2) is 18.5 Å². The number of carbonyl (C=O) groups is 1. The second kappa shape index (κ2) is 6.70. The molecule has 1 heterocycles. The molecule has 1 aliphatic rings. The largest absolute Gasteiger partial charge is 0.356 e. The zero-order valence-electron chi connectivity index (χ0n) is 6.21. The molecule has 0 radical (unpaired) electrons. The van der Waals surface area contributed by atoms with E-state index in [9.17, 15) is 4.79 Å². The Labute approximate surface area is 78.9 Å². The van der Waals surface area contributed by atoms with Gasteiger partial charge in [0.25, 0.3) is 0 Å². The summed E-state index contributed by atoms with van der Waals surface area (Å²) in [4.78, 5) is 10.7. The van der Waals surface area contributed by atoms with E-state index in [1.807, 2.05) is 0 Å². The first-order valence-corrected chi connectivity index (χ1v) is 3.31. The van der Waals surface area contributed by atoms with Crippen LogP contribution in [0.3, 0.4) is 0 Å². The van der Waals surface area contributed by atoms with Gasteiger partial charge in [-0.25, -0.2) is 0 Å². The fraction of sp³-hybridized carbons (Fsp3) is 0.833. The highest BCUT2D eigenvalue weighted by atomic mass is 35.5. The Bertz CT molecular complexity index is 121. The van der Waals surface area contributed by atoms with Gasteiger partial charge in [0, 0.05) is 19.0 Å². The minimum Gasteiger partial charge on any atom is -0.356 e. The van der Waals surface area contributed by atoms with Crippen LogP contribution in [-0.2, 0) is 4.79 Å². The molecule has 11 heavy (non-hydrogen) atoms. The summed E-state index contributed by atoms with van der Waals surface area (Å²) in [6, 6.07) is 0.226. The number of nitrogens with one attached hydrogen (secondary N) is 1. The van der Waals surface area contributed by atoms with Crippen molar-refractivity contribution < 1.29 is 4.79 Å². The highest BCUT2D eigenvalue weighted by Gasteiger charge is 2.10. The van der Waals surface area contributed by atoms with Crippen molar-refractivity contribution >= 4 is 30.7 Å². The quantitative estimate of drug-likeness (QED) is 0.598. The number of rotatable bonds is 0. The molecule has 1 amide bonds. The predicted octanol–water partition coefficient (Wildman–Crippen LogP) is 0.457. The van der Waals surface area contributed by atoms with Gasteiger partial charge in [0.05, 0.1) is 0 Å². The monoisotopic (exact) mass is 200 g/mol. The molecule has 1 aliphatic heterocycles. The van der Waals surface area contributed by atoms with Gasteiger partial charge in [-0.2, -0.15) is 0 Å². The maximum atomic E-state index is 10.7. The van der Waals surface area contributed by atoms with Crippen molar-refractivity contribution in [2.45, 2.75) is 25.3 Å². The molecule has 1 fully saturated rings. The highest BCUT2D eigenvalue weighted by molar-refractivity contribution is 5.85. The summed E-state index contributed by atoms with van der Waals surface area (Å²) in [5.74, 6) is 0.142. The second-order valence-electron chi connectivity index (χ2n) is 2.44. The van der Waals surface area contributed by atoms with E-state index in [-0.39, 0.29) is 36.8 Å². The van der Waals surface area contributed by atoms with Crippen LogP contribution in [0.25, 0.3) is 0 Å². The van der Waals surface area contributed by atoms with Crippen molar-refractivity contribution in [2.75, 3.05) is 6.54 Å². The average Bonchev–Trinajstić information content (AvgIpc) is 1.97. The molecule has 1 unspecified atom stereocenters. The van der Waals surface area contributed by atoms with Gasteiger partial charge in [-0.3, -0.25) is 4.79 Å². The Morgan fingerprint density at radius 1 is 1.36 bits per heavy atom. The van der Waals surface area contributed by atoms with E-state index >= 15 is 0 Å². The van der Waals surface area contributed by atoms with Gasteiger partial charge >= 0.3 is 0 Å². The normalized spacial score (nSPS) is 23.7. The molecule has 3 nitrogen and oxygen atoms in total. The van der Waals surface area contributed by atoms with E-state index in [0.717, 1.165) is 19.4 Å². The minimum absolute atomic E-state index is 0. The number of hydrogen-bond donors (Lipinski definition) is 2. The fourth-order valence-electron chi connectivity index (χ4n) is 0.946. The molecular weight excluding hydrogens is 187 g/mol. The Morgan fingerprint density at radius 2 is 2.00 bits per heavy atom. The first-order valence-electron chi connectivity index (χ1n) is 3.31. The number of hydrogen-bond acceptors (Lipinski definition) is 2. The Kier molecular flexibility index (Phi) is 8.28. The van der Waals surface area contributed by atoms with E-state index in [1.165, 1.54) is 0 Å². The molecule has 1 atom stereocenters. The zero-order valence-corrected chi connectivity index (χ0v) is 7.84. The van der Waals surface area contributed by atoms with Crippen LogP contribution >= 0.6 is 24.8 Å². The van der Waals surface area contributed by atoms with Crippen LogP contribution in [0.4, 0.5) is 0 Å². The van der Waals surface area contributed by atoms with E-state index in [1.54, 1.807) is 0 Å². The number of carbonyl (C=O) groups excluding carboxylic acids is 1. The smallest absolute Gasteiger partial charge is 0.220 e. The Hall–Kier alpha value is 0.01000. The summed E-state index contributed by atoms with van der Waals surface area (Å²) < 4.78 is 0. The fourth-order valence-corrected chi connectivity index (χ4v) is 0.946. The molecule has 1 saturated heterocycles. The summed E-state index contributed by atoms with van der Waals surface area (Å²) in [5.41, 5.74) is 5.60. The number of halogens is 2. The summed E-state index contributed by atoms with van der Waals surface area (Å²) in [5, 5.41) is 2.76. The molecule has 0 aromatic rings. The Morgan fingerprint density at radius 3 is 2.64 bits per heavy atom. The second-order valence-corrected chi connectivity index (χ2v) is 2.44. The third kappa shape index (κ3) is 5.30. The van der Waals surface area contributed by atoms with Crippen molar-refractivity contribution in [3.8, 4) is 0 Å². The van der Waals surface area contributed by atoms with Crippen LogP contribution in [0.5, 0.6) is 0 Å². The minimum atomic E-state index is 0. The van der Waals surface area contributed by atoms with Gasteiger partial charge in [-0.05, 0) is 12.8 Å². The van der Waals surface area contributed by atoms with E-state index in [2.05, 4.69) is 5.32 Å². The molecule has 0 saturated carbocycles. The van der Waals surface area contributed by atoms with Crippen molar-refractivity contribution in [3.05, 3.63) is 0 Å². The van der Waals surface area contributed by atoms with Gasteiger partial charge in [-0.15, -0.1) is 24.8 Å². The lowest BCUT2D eigenvalue weighted by atomic mass is 10.1. The molecule has 0 aromatic carbocycles. The summed E-state index contributed by atoms with van der Waals surface area (Å²) in [7, 11) is 0. The highest BCUT2D eigenvalue weighted by Crippen LogP contribution is 2.01. The maximum absolute atomic E-state index is 10.7. The predicted molar refractivity (Wildman–Crippen MR) is 49.3 cm³/mol. The van der Waals surface area contributed by atoms with Crippen molar-refractivity contribution in [3.63, 3.8) is 0 Å².